The maximum absolute atomic E-state index is 12.0. The second-order valence-electron chi connectivity index (χ2n) is 6.96. The summed E-state index contributed by atoms with van der Waals surface area (Å²) in [6.45, 7) is 6.06. The van der Waals surface area contributed by atoms with Crippen LogP contribution in [0.2, 0.25) is 0 Å². The number of halogens is 1. The van der Waals surface area contributed by atoms with Crippen molar-refractivity contribution in [2.24, 2.45) is 0 Å². The SMILES string of the molecule is C=C(Cl)/C=C(\C)c1ccc(CN(C[C@@H](O)C(=O)OCOC(=O)CCC)NC(=O)C(=O)O)cc1. The zero-order valence-electron chi connectivity index (χ0n) is 18.4. The fourth-order valence-electron chi connectivity index (χ4n) is 2.56. The average molecular weight is 483 g/mol. The normalized spacial score (nSPS) is 12.1. The van der Waals surface area contributed by atoms with E-state index in [0.29, 0.717) is 17.0 Å². The third-order valence-corrected chi connectivity index (χ3v) is 4.26. The van der Waals surface area contributed by atoms with Crippen LogP contribution in [0.15, 0.2) is 42.0 Å². The Labute approximate surface area is 196 Å². The number of aliphatic carboxylic acids is 1. The van der Waals surface area contributed by atoms with E-state index < -0.39 is 43.3 Å². The summed E-state index contributed by atoms with van der Waals surface area (Å²) in [6.07, 6.45) is 0.663. The zero-order valence-corrected chi connectivity index (χ0v) is 19.1. The number of nitrogens with zero attached hydrogens (tertiary/aromatic N) is 1. The summed E-state index contributed by atoms with van der Waals surface area (Å²) >= 11 is 5.78. The molecular formula is C22H27ClN2O8. The van der Waals surface area contributed by atoms with Crippen LogP contribution in [0.3, 0.4) is 0 Å². The first-order chi connectivity index (χ1) is 15.5. The summed E-state index contributed by atoms with van der Waals surface area (Å²) in [5.74, 6) is -4.75. The first-order valence-corrected chi connectivity index (χ1v) is 10.3. The number of hydrogen-bond acceptors (Lipinski definition) is 8. The monoisotopic (exact) mass is 482 g/mol. The fourth-order valence-corrected chi connectivity index (χ4v) is 2.73. The van der Waals surface area contributed by atoms with Crippen LogP contribution in [-0.4, -0.2) is 58.5 Å². The smallest absolute Gasteiger partial charge is 0.395 e. The maximum Gasteiger partial charge on any atom is 0.395 e. The molecule has 0 aliphatic carbocycles. The highest BCUT2D eigenvalue weighted by Gasteiger charge is 2.24. The second-order valence-corrected chi connectivity index (χ2v) is 7.45. The first-order valence-electron chi connectivity index (χ1n) is 9.94. The summed E-state index contributed by atoms with van der Waals surface area (Å²) in [4.78, 5) is 45.8. The predicted octanol–water partition coefficient (Wildman–Crippen LogP) is 1.97. The summed E-state index contributed by atoms with van der Waals surface area (Å²) in [5.41, 5.74) is 4.49. The van der Waals surface area contributed by atoms with Crippen molar-refractivity contribution in [2.75, 3.05) is 13.3 Å². The number of ether oxygens (including phenoxy) is 2. The van der Waals surface area contributed by atoms with Crippen molar-refractivity contribution in [1.82, 2.24) is 10.4 Å². The summed E-state index contributed by atoms with van der Waals surface area (Å²) in [5, 5.41) is 20.4. The number of nitrogens with one attached hydrogen (secondary N) is 1. The van der Waals surface area contributed by atoms with E-state index in [-0.39, 0.29) is 13.0 Å². The van der Waals surface area contributed by atoms with Crippen molar-refractivity contribution in [2.45, 2.75) is 39.3 Å². The Morgan fingerprint density at radius 3 is 2.39 bits per heavy atom. The molecule has 1 aromatic rings. The van der Waals surface area contributed by atoms with Crippen molar-refractivity contribution >= 4 is 41.0 Å². The van der Waals surface area contributed by atoms with Crippen molar-refractivity contribution in [3.8, 4) is 0 Å². The summed E-state index contributed by atoms with van der Waals surface area (Å²) in [7, 11) is 0. The molecule has 0 saturated heterocycles. The first kappa shape index (κ1) is 27.8. The minimum Gasteiger partial charge on any atom is -0.474 e. The van der Waals surface area contributed by atoms with E-state index in [4.69, 9.17) is 16.7 Å². The third-order valence-electron chi connectivity index (χ3n) is 4.15. The Kier molecular flexibility index (Phi) is 11.8. The number of aliphatic hydroxyl groups excluding tert-OH is 1. The Hall–Kier alpha value is -3.21. The van der Waals surface area contributed by atoms with Gasteiger partial charge >= 0.3 is 23.8 Å². The second kappa shape index (κ2) is 14.0. The lowest BCUT2D eigenvalue weighted by Gasteiger charge is -2.24. The average Bonchev–Trinajstić information content (AvgIpc) is 2.73. The number of aliphatic hydroxyl groups is 1. The molecule has 0 aromatic heterocycles. The number of amides is 1. The lowest BCUT2D eigenvalue weighted by Crippen LogP contribution is -2.49. The highest BCUT2D eigenvalue weighted by Crippen LogP contribution is 2.18. The molecule has 1 atom stereocenters. The number of benzene rings is 1. The molecule has 0 heterocycles. The Morgan fingerprint density at radius 1 is 1.21 bits per heavy atom. The van der Waals surface area contributed by atoms with Crippen LogP contribution in [0.1, 0.15) is 37.8 Å². The van der Waals surface area contributed by atoms with E-state index in [1.165, 1.54) is 0 Å². The number of hydrogen-bond donors (Lipinski definition) is 3. The van der Waals surface area contributed by atoms with Gasteiger partial charge in [0.1, 0.15) is 0 Å². The molecule has 0 spiro atoms. The van der Waals surface area contributed by atoms with Gasteiger partial charge < -0.3 is 19.7 Å². The molecule has 3 N–H and O–H groups in total. The molecule has 0 aliphatic heterocycles. The molecule has 10 nitrogen and oxygen atoms in total. The van der Waals surface area contributed by atoms with Crippen molar-refractivity contribution in [3.05, 3.63) is 53.1 Å². The zero-order chi connectivity index (χ0) is 25.0. The van der Waals surface area contributed by atoms with Crippen LogP contribution in [0.5, 0.6) is 0 Å². The van der Waals surface area contributed by atoms with Gasteiger partial charge in [-0.05, 0) is 36.1 Å². The number of esters is 2. The van der Waals surface area contributed by atoms with Crippen LogP contribution in [0.25, 0.3) is 5.57 Å². The van der Waals surface area contributed by atoms with Crippen molar-refractivity contribution < 1.29 is 38.9 Å². The van der Waals surface area contributed by atoms with Crippen LogP contribution >= 0.6 is 11.6 Å². The molecule has 0 saturated carbocycles. The van der Waals surface area contributed by atoms with Gasteiger partial charge in [-0.1, -0.05) is 49.4 Å². The van der Waals surface area contributed by atoms with Crippen LogP contribution < -0.4 is 5.43 Å². The Morgan fingerprint density at radius 2 is 1.85 bits per heavy atom. The van der Waals surface area contributed by atoms with E-state index >= 15 is 0 Å². The molecule has 1 amide bonds. The lowest BCUT2D eigenvalue weighted by molar-refractivity contribution is -0.174. The number of carboxylic acid groups (broad SMARTS) is 1. The van der Waals surface area contributed by atoms with Gasteiger partial charge in [-0.3, -0.25) is 15.0 Å². The molecular weight excluding hydrogens is 456 g/mol. The van der Waals surface area contributed by atoms with Gasteiger partial charge in [-0.25, -0.2) is 14.6 Å². The van der Waals surface area contributed by atoms with Gasteiger partial charge in [0.15, 0.2) is 6.10 Å². The van der Waals surface area contributed by atoms with E-state index in [0.717, 1.165) is 16.1 Å². The third kappa shape index (κ3) is 10.8. The number of carbonyl (C=O) groups excluding carboxylic acids is 3. The molecule has 0 fully saturated rings. The molecule has 180 valence electrons. The van der Waals surface area contributed by atoms with E-state index in [9.17, 15) is 24.3 Å². The van der Waals surface area contributed by atoms with Crippen molar-refractivity contribution in [3.63, 3.8) is 0 Å². The molecule has 0 radical (unpaired) electrons. The maximum atomic E-state index is 12.0. The summed E-state index contributed by atoms with van der Waals surface area (Å²) < 4.78 is 9.37. The highest BCUT2D eigenvalue weighted by atomic mass is 35.5. The molecule has 0 aliphatic rings. The van der Waals surface area contributed by atoms with Crippen LogP contribution in [-0.2, 0) is 35.2 Å². The Balaban J connectivity index is 2.82. The minimum absolute atomic E-state index is 0.0277. The van der Waals surface area contributed by atoms with Crippen LogP contribution in [0.4, 0.5) is 0 Å². The van der Waals surface area contributed by atoms with Gasteiger partial charge in [-0.2, -0.15) is 0 Å². The molecule has 1 aromatic carbocycles. The van der Waals surface area contributed by atoms with E-state index in [1.807, 2.05) is 6.92 Å². The number of hydrazine groups is 1. The van der Waals surface area contributed by atoms with Crippen LogP contribution in [0, 0.1) is 0 Å². The molecule has 0 bridgehead atoms. The quantitative estimate of drug-likeness (QED) is 0.134. The standard InChI is InChI=1S/C22H27ClN2O8/c1-4-5-19(27)32-13-33-22(31)18(26)12-25(24-20(28)21(29)30)11-16-6-8-17(9-7-16)14(2)10-15(3)23/h6-10,18,26H,3-5,11-13H2,1-2H3,(H,24,28)(H,29,30)/b14-10+/t18-/m1/s1. The highest BCUT2D eigenvalue weighted by molar-refractivity contribution is 6.31. The van der Waals surface area contributed by atoms with Gasteiger partial charge in [-0.15, -0.1) is 0 Å². The summed E-state index contributed by atoms with van der Waals surface area (Å²) in [6, 6.07) is 7.02. The number of carboxylic acids is 1. The van der Waals surface area contributed by atoms with Crippen molar-refractivity contribution in [1.29, 1.82) is 0 Å². The van der Waals surface area contributed by atoms with E-state index in [2.05, 4.69) is 21.5 Å². The van der Waals surface area contributed by atoms with E-state index in [1.54, 1.807) is 37.3 Å². The largest absolute Gasteiger partial charge is 0.474 e. The van der Waals surface area contributed by atoms with Gasteiger partial charge in [0.25, 0.3) is 0 Å². The number of carbonyl (C=O) groups is 4. The number of allylic oxidation sites excluding steroid dienone is 3. The molecule has 33 heavy (non-hydrogen) atoms. The Bertz CT molecular complexity index is 898. The fraction of sp³-hybridized carbons (Fsp3) is 0.364. The van der Waals surface area contributed by atoms with Gasteiger partial charge in [0.2, 0.25) is 6.79 Å². The van der Waals surface area contributed by atoms with Gasteiger partial charge in [0, 0.05) is 18.0 Å². The number of rotatable bonds is 12. The lowest BCUT2D eigenvalue weighted by atomic mass is 10.0. The molecule has 0 unspecified atom stereocenters. The molecule has 11 heteroatoms. The topological polar surface area (TPSA) is 142 Å². The van der Waals surface area contributed by atoms with Gasteiger partial charge in [0.05, 0.1) is 6.54 Å². The predicted molar refractivity (Wildman–Crippen MR) is 119 cm³/mol. The minimum atomic E-state index is -1.75. The molecule has 1 rings (SSSR count).